The molecule has 1 unspecified atom stereocenters. The number of nitrogens with one attached hydrogen (secondary N) is 1. The molecule has 0 aromatic heterocycles. The zero-order chi connectivity index (χ0) is 111. The smallest absolute Gasteiger partial charge is 0.335 e. The molecule has 10 rings (SSSR count). The average Bonchev–Trinajstić information content (AvgIpc) is 0.822. The largest absolute Gasteiger partial charge is 0.478 e. The summed E-state index contributed by atoms with van der Waals surface area (Å²) in [5.41, 5.74) is 11.5. The minimum absolute atomic E-state index is 0. The van der Waals surface area contributed by atoms with Crippen molar-refractivity contribution >= 4 is 158 Å². The molecule has 0 spiro atoms. The highest BCUT2D eigenvalue weighted by Crippen LogP contribution is 2.38. The summed E-state index contributed by atoms with van der Waals surface area (Å²) >= 11 is 5.13. The van der Waals surface area contributed by atoms with E-state index >= 15 is 0 Å². The first-order valence-corrected chi connectivity index (χ1v) is 58.8. The van der Waals surface area contributed by atoms with E-state index in [0.29, 0.717) is 37.7 Å². The summed E-state index contributed by atoms with van der Waals surface area (Å²) < 4.78 is 116. The highest BCUT2D eigenvalue weighted by molar-refractivity contribution is 8.13. The molecule has 1 heterocycles. The number of anilines is 1. The Morgan fingerprint density at radius 3 is 0.870 bits per heavy atom. The van der Waals surface area contributed by atoms with E-state index in [-0.39, 0.29) is 96.4 Å². The Labute approximate surface area is 879 Å². The normalized spacial score (nSPS) is 11.9. The first kappa shape index (κ1) is 139. The standard InChI is InChI=1S/C15H29N3OSSi.C15H28N2O2SSi.C9H10ClNO3S.C9H12N2O3S.C9H10N2O3.C9H14N2O2S.C9H12N2O.C7H4ClNO3.C7H5NO4.C4H8O.C3H8.CH4.ClH/c1-15(2,3)21(6,7)17-20(16,19)14-10-8-13(9-11-14)12-18(4)5;1-15(2,3)21(6,7)16-20(18,19)14-10-8-13(9-11-14)12-17(4)5;2*1-11(2)9(12)7-3-5-8(6-4-7)15(10,13)14;1-10(2)9(12)7-3-5-8(6-4-7)11(13)14;1-11(2)7-8-3-5-9(6-4-8)14(10,12)13;1-11(2)9(12)7-3-5-8(10)6-4-7;8-7(10)5-1-3-6(4-2-5)9(11)12;9-7(10)5-1-3-6(4-2-5)8(11)12;1-2-4-5-3-1;1-3-2;;/h8-11H,12H2,1-7H3,(H2,16,17,19);8-11,16H,12H2,1-7H3;3-6H,1-2H3;3-6H,1-2H3,(H2,10,13,14);3-6H,1-2H3;3-6H,7H2,1-2H3,(H2,10,12,13);3-6H,10H2,1-2H3;1-4H;1-4H,(H,9,10);1-4H2;3H2,1-2H3;1H4;1H. The van der Waals surface area contributed by atoms with Gasteiger partial charge in [0.1, 0.15) is 18.2 Å². The van der Waals surface area contributed by atoms with Crippen LogP contribution in [0.1, 0.15) is 161 Å². The molecule has 0 aliphatic carbocycles. The fraction of sp³-hybridized carbons (Fsp3) is 0.381. The van der Waals surface area contributed by atoms with Crippen molar-refractivity contribution in [2.24, 2.45) is 19.4 Å². The fourth-order valence-corrected chi connectivity index (χ4v) is 22.0. The zero-order valence-corrected chi connectivity index (χ0v) is 95.2. The number of carboxylic acid groups (broad SMARTS) is 1. The molecule has 0 saturated carbocycles. The van der Waals surface area contributed by atoms with Gasteiger partial charge in [0.05, 0.1) is 44.8 Å². The molecule has 1 aliphatic heterocycles. The van der Waals surface area contributed by atoms with Crippen molar-refractivity contribution in [2.75, 3.05) is 118 Å². The van der Waals surface area contributed by atoms with Gasteiger partial charge >= 0.3 is 5.97 Å². The van der Waals surface area contributed by atoms with Gasteiger partial charge < -0.3 is 49.9 Å². The number of nitro groups is 3. The predicted octanol–water partition coefficient (Wildman–Crippen LogP) is 17.0. The Morgan fingerprint density at radius 1 is 0.411 bits per heavy atom. The molecule has 39 nitrogen and oxygen atoms in total. The summed E-state index contributed by atoms with van der Waals surface area (Å²) in [6.07, 6.45) is 3.81. The zero-order valence-electron chi connectivity index (χ0n) is 86.8. The van der Waals surface area contributed by atoms with E-state index < -0.39 is 91.5 Å². The number of carbonyl (C=O) groups excluding carboxylic acids is 5. The number of benzene rings is 9. The summed E-state index contributed by atoms with van der Waals surface area (Å²) in [5, 5.41) is 54.4. The van der Waals surface area contributed by atoms with Gasteiger partial charge in [-0.05, 0) is 252 Å². The molecular weight excluding hydrogens is 2080 g/mol. The van der Waals surface area contributed by atoms with Crippen molar-refractivity contribution in [3.8, 4) is 0 Å². The Hall–Kier alpha value is -11.3. The van der Waals surface area contributed by atoms with Crippen LogP contribution in [0.3, 0.4) is 0 Å². The van der Waals surface area contributed by atoms with Gasteiger partial charge in [0.2, 0.25) is 30.1 Å². The maximum absolute atomic E-state index is 12.8. The number of nitrogen functional groups attached to an aromatic ring is 1. The van der Waals surface area contributed by atoms with E-state index in [0.717, 1.165) is 56.1 Å². The van der Waals surface area contributed by atoms with Crippen LogP contribution < -0.4 is 25.5 Å². The monoisotopic (exact) mass is 2220 g/mol. The van der Waals surface area contributed by atoms with Crippen LogP contribution in [-0.2, 0) is 73.4 Å². The van der Waals surface area contributed by atoms with Crippen molar-refractivity contribution in [1.82, 2.24) is 38.7 Å². The summed E-state index contributed by atoms with van der Waals surface area (Å²) in [4.78, 5) is 108. The van der Waals surface area contributed by atoms with E-state index in [2.05, 4.69) is 86.7 Å². The number of rotatable bonds is 23. The van der Waals surface area contributed by atoms with Crippen LogP contribution in [0.4, 0.5) is 22.7 Å². The molecule has 4 amide bonds. The van der Waals surface area contributed by atoms with E-state index in [1.807, 2.05) is 96.7 Å². The number of ether oxygens (including phenoxy) is 1. The van der Waals surface area contributed by atoms with Gasteiger partial charge in [0, 0.05) is 170 Å². The van der Waals surface area contributed by atoms with Crippen LogP contribution in [0, 0.1) is 30.3 Å². The number of primary sulfonamides is 2. The second-order valence-corrected chi connectivity index (χ2v) is 56.6. The quantitative estimate of drug-likeness (QED) is 0.0114. The number of halogens is 3. The van der Waals surface area contributed by atoms with Gasteiger partial charge in [0.25, 0.3) is 55.0 Å². The number of nitro benzene ring substituents is 3. The molecule has 1 fully saturated rings. The van der Waals surface area contributed by atoms with Crippen molar-refractivity contribution in [3.05, 3.63) is 299 Å². The van der Waals surface area contributed by atoms with Gasteiger partial charge in [-0.25, -0.2) is 62.5 Å². The molecular formula is C97H145Cl3N16O23S5Si2. The minimum atomic E-state index is -3.72. The number of carbonyl (C=O) groups is 6. The van der Waals surface area contributed by atoms with E-state index in [1.165, 1.54) is 166 Å². The van der Waals surface area contributed by atoms with Crippen molar-refractivity contribution in [1.29, 1.82) is 0 Å². The molecule has 0 bridgehead atoms. The van der Waals surface area contributed by atoms with E-state index in [4.69, 9.17) is 53.3 Å². The van der Waals surface area contributed by atoms with Gasteiger partial charge in [-0.3, -0.25) is 58.3 Å². The molecule has 0 radical (unpaired) electrons. The Bertz CT molecular complexity index is 6040. The van der Waals surface area contributed by atoms with Crippen LogP contribution in [0.2, 0.25) is 36.3 Å². The third kappa shape index (κ3) is 53.4. The number of hydrogen-bond donors (Lipinski definition) is 6. The highest BCUT2D eigenvalue weighted by Gasteiger charge is 2.40. The molecule has 146 heavy (non-hydrogen) atoms. The van der Waals surface area contributed by atoms with Crippen molar-refractivity contribution in [3.63, 3.8) is 0 Å². The first-order chi connectivity index (χ1) is 66.0. The number of aromatic carboxylic acids is 1. The number of nitrogens with zero attached hydrogens (tertiary/aromatic N) is 11. The number of nitrogens with two attached hydrogens (primary N) is 4. The van der Waals surface area contributed by atoms with Crippen LogP contribution in [0.5, 0.6) is 0 Å². The minimum Gasteiger partial charge on any atom is -0.478 e. The summed E-state index contributed by atoms with van der Waals surface area (Å²) in [6.45, 7) is 29.7. The lowest BCUT2D eigenvalue weighted by atomic mass is 10.2. The Morgan fingerprint density at radius 2 is 0.651 bits per heavy atom. The SMILES string of the molecule is C.C1CCOC1.CCC.CN(C)C(=O)c1ccc(N)cc1.CN(C)C(=O)c1ccc(S(=O)(=O)Cl)cc1.CN(C)C(=O)c1ccc(S(N)(=O)=O)cc1.CN(C)C(=O)c1ccc([N+](=O)[O-])cc1.CN(C)Cc1ccc(S(=O)(=O)N[Si](C)(C)C(C)(C)C)cc1.CN(C)Cc1ccc(S(N)(=O)=N[Si](C)(C)C(C)(C)C)cc1.CN(C)Cc1ccc(S(N)(=O)=O)cc1.Cl.O=C(Cl)c1ccc([N+](=O)[O-])cc1.O=C(O)c1ccc([N+](=O)[O-])cc1. The average molecular weight is 2230 g/mol. The molecule has 9 aromatic carbocycles. The van der Waals surface area contributed by atoms with Gasteiger partial charge in [-0.15, -0.1) is 12.4 Å². The molecule has 1 atom stereocenters. The van der Waals surface area contributed by atoms with Gasteiger partial charge in [-0.2, -0.15) is 0 Å². The lowest BCUT2D eigenvalue weighted by Crippen LogP contribution is -2.54. The number of hydrogen-bond acceptors (Lipinski definition) is 27. The van der Waals surface area contributed by atoms with Crippen LogP contribution >= 0.6 is 34.7 Å². The Balaban J connectivity index is -0.00000157. The molecule has 9 aromatic rings. The second kappa shape index (κ2) is 64.1. The third-order valence-electron chi connectivity index (χ3n) is 20.1. The number of non-ortho nitro benzene ring substituents is 3. The molecule has 1 saturated heterocycles. The van der Waals surface area contributed by atoms with Crippen molar-refractivity contribution < 1.29 is 91.3 Å². The fourth-order valence-electron chi connectivity index (χ4n) is 10.4. The highest BCUT2D eigenvalue weighted by atomic mass is 35.7. The predicted molar refractivity (Wildman–Crippen MR) is 587 cm³/mol. The maximum Gasteiger partial charge on any atom is 0.335 e. The molecule has 810 valence electrons. The number of sulfonamides is 3. The second-order valence-electron chi connectivity index (χ2n) is 36.6. The first-order valence-electron chi connectivity index (χ1n) is 44.0. The van der Waals surface area contributed by atoms with Crippen LogP contribution in [0.25, 0.3) is 0 Å². The van der Waals surface area contributed by atoms with E-state index in [1.54, 1.807) is 105 Å². The van der Waals surface area contributed by atoms with Gasteiger partial charge in [-0.1, -0.05) is 119 Å². The Kier molecular flexibility index (Phi) is 61.0. The van der Waals surface area contributed by atoms with Crippen LogP contribution in [-0.4, -0.2) is 255 Å². The molecule has 10 N–H and O–H groups in total. The third-order valence-corrected chi connectivity index (χ3v) is 38.8. The number of carboxylic acids is 1. The maximum atomic E-state index is 12.8. The number of amides is 4. The lowest BCUT2D eigenvalue weighted by Gasteiger charge is -2.36. The topological polar surface area (TPSA) is 566 Å². The van der Waals surface area contributed by atoms with Crippen molar-refractivity contribution in [2.45, 2.75) is 162 Å². The summed E-state index contributed by atoms with van der Waals surface area (Å²) in [5.74, 6) is -1.63. The van der Waals surface area contributed by atoms with E-state index in [9.17, 15) is 97.0 Å². The summed E-state index contributed by atoms with van der Waals surface area (Å²) in [7, 11) is 8.84. The molecule has 1 aliphatic rings. The summed E-state index contributed by atoms with van der Waals surface area (Å²) in [6, 6.07) is 54.5. The lowest BCUT2D eigenvalue weighted by molar-refractivity contribution is -0.385. The molecule has 49 heteroatoms. The van der Waals surface area contributed by atoms with Crippen LogP contribution in [0.15, 0.2) is 247 Å². The van der Waals surface area contributed by atoms with Gasteiger partial charge in [0.15, 0.2) is 8.24 Å².